The van der Waals surface area contributed by atoms with Gasteiger partial charge in [0.05, 0.1) is 12.4 Å². The number of anilines is 1. The number of rotatable bonds is 4. The molecule has 0 unspecified atom stereocenters. The highest BCUT2D eigenvalue weighted by molar-refractivity contribution is 5.73. The fourth-order valence-corrected chi connectivity index (χ4v) is 1.40. The van der Waals surface area contributed by atoms with Crippen molar-refractivity contribution >= 4 is 17.4 Å². The molecule has 8 heteroatoms. The second-order valence-corrected chi connectivity index (χ2v) is 3.12. The number of tetrazole rings is 1. The van der Waals surface area contributed by atoms with E-state index in [1.807, 2.05) is 6.92 Å². The molecule has 8 nitrogen and oxygen atoms in total. The average molecular weight is 222 g/mol. The second-order valence-electron chi connectivity index (χ2n) is 3.12. The number of carboxylic acid groups (broad SMARTS) is 1. The van der Waals surface area contributed by atoms with Crippen LogP contribution >= 0.6 is 0 Å². The summed E-state index contributed by atoms with van der Waals surface area (Å²) in [6, 6.07) is 0. The zero-order valence-electron chi connectivity index (χ0n) is 8.61. The molecule has 2 rings (SSSR count). The van der Waals surface area contributed by atoms with Crippen LogP contribution in [0.3, 0.4) is 0 Å². The van der Waals surface area contributed by atoms with Crippen molar-refractivity contribution in [1.82, 2.24) is 25.0 Å². The highest BCUT2D eigenvalue weighted by atomic mass is 16.4. The van der Waals surface area contributed by atoms with Gasteiger partial charge in [-0.2, -0.15) is 4.52 Å². The normalized spacial score (nSPS) is 10.6. The van der Waals surface area contributed by atoms with Crippen LogP contribution in [0.1, 0.15) is 6.92 Å². The molecule has 2 aromatic heterocycles. The molecule has 0 aliphatic heterocycles. The molecule has 1 N–H and O–H groups in total. The minimum absolute atomic E-state index is 0.114. The zero-order chi connectivity index (χ0) is 11.5. The lowest BCUT2D eigenvalue weighted by atomic mass is 10.4. The Bertz CT molecular complexity index is 510. The van der Waals surface area contributed by atoms with Crippen molar-refractivity contribution in [3.8, 4) is 0 Å². The van der Waals surface area contributed by atoms with Gasteiger partial charge < -0.3 is 10.0 Å². The van der Waals surface area contributed by atoms with Gasteiger partial charge in [-0.1, -0.05) is 0 Å². The predicted molar refractivity (Wildman–Crippen MR) is 54.1 cm³/mol. The van der Waals surface area contributed by atoms with Crippen LogP contribution in [0, 0.1) is 0 Å². The number of fused-ring (bicyclic) bond motifs is 1. The predicted octanol–water partition coefficient (Wildman–Crippen LogP) is -0.570. The van der Waals surface area contributed by atoms with Crippen molar-refractivity contribution in [3.63, 3.8) is 0 Å². The van der Waals surface area contributed by atoms with Gasteiger partial charge in [-0.15, -0.1) is 5.10 Å². The monoisotopic (exact) mass is 222 g/mol. The number of carboxylic acids is 1. The largest absolute Gasteiger partial charge is 0.480 e. The van der Waals surface area contributed by atoms with E-state index < -0.39 is 5.97 Å². The van der Waals surface area contributed by atoms with Crippen LogP contribution in [0.5, 0.6) is 0 Å². The lowest BCUT2D eigenvalue weighted by molar-refractivity contribution is -0.135. The van der Waals surface area contributed by atoms with Crippen molar-refractivity contribution in [2.45, 2.75) is 6.92 Å². The SMILES string of the molecule is CCN(CC(=O)O)c1cncc2nnnn12. The summed E-state index contributed by atoms with van der Waals surface area (Å²) in [4.78, 5) is 16.3. The summed E-state index contributed by atoms with van der Waals surface area (Å²) in [5, 5.41) is 19.8. The molecular formula is C8H10N6O2. The van der Waals surface area contributed by atoms with Crippen LogP contribution in [0.2, 0.25) is 0 Å². The fourth-order valence-electron chi connectivity index (χ4n) is 1.40. The van der Waals surface area contributed by atoms with E-state index in [1.54, 1.807) is 4.90 Å². The lowest BCUT2D eigenvalue weighted by Gasteiger charge is -2.19. The van der Waals surface area contributed by atoms with Crippen LogP contribution in [-0.2, 0) is 4.79 Å². The molecule has 0 aliphatic rings. The van der Waals surface area contributed by atoms with E-state index in [2.05, 4.69) is 20.5 Å². The Kier molecular flexibility index (Phi) is 2.63. The number of aromatic nitrogens is 5. The Morgan fingerprint density at radius 3 is 3.06 bits per heavy atom. The van der Waals surface area contributed by atoms with E-state index >= 15 is 0 Å². The maximum atomic E-state index is 10.7. The van der Waals surface area contributed by atoms with Crippen molar-refractivity contribution < 1.29 is 9.90 Å². The molecule has 2 aromatic rings. The van der Waals surface area contributed by atoms with Gasteiger partial charge in [0.25, 0.3) is 0 Å². The second kappa shape index (κ2) is 4.09. The molecule has 0 aromatic carbocycles. The van der Waals surface area contributed by atoms with E-state index in [1.165, 1.54) is 16.9 Å². The van der Waals surface area contributed by atoms with Crippen molar-refractivity contribution in [1.29, 1.82) is 0 Å². The molecule has 2 heterocycles. The van der Waals surface area contributed by atoms with Gasteiger partial charge in [-0.25, -0.2) is 0 Å². The summed E-state index contributed by atoms with van der Waals surface area (Å²) in [6.07, 6.45) is 3.05. The third-order valence-corrected chi connectivity index (χ3v) is 2.12. The van der Waals surface area contributed by atoms with Gasteiger partial charge in [0.1, 0.15) is 6.54 Å². The summed E-state index contributed by atoms with van der Waals surface area (Å²) in [5.41, 5.74) is 0.487. The Hall–Kier alpha value is -2.25. The van der Waals surface area contributed by atoms with E-state index in [0.717, 1.165) is 0 Å². The van der Waals surface area contributed by atoms with Crippen molar-refractivity contribution in [3.05, 3.63) is 12.4 Å². The van der Waals surface area contributed by atoms with E-state index in [9.17, 15) is 4.79 Å². The first-order valence-electron chi connectivity index (χ1n) is 4.71. The molecule has 16 heavy (non-hydrogen) atoms. The molecule has 0 bridgehead atoms. The maximum Gasteiger partial charge on any atom is 0.323 e. The zero-order valence-corrected chi connectivity index (χ0v) is 8.61. The highest BCUT2D eigenvalue weighted by Gasteiger charge is 2.13. The molecular weight excluding hydrogens is 212 g/mol. The lowest BCUT2D eigenvalue weighted by Crippen LogP contribution is -2.31. The van der Waals surface area contributed by atoms with Gasteiger partial charge in [-0.3, -0.25) is 9.78 Å². The quantitative estimate of drug-likeness (QED) is 0.739. The van der Waals surface area contributed by atoms with Crippen LogP contribution in [0.4, 0.5) is 5.82 Å². The molecule has 0 radical (unpaired) electrons. The standard InChI is InChI=1S/C8H10N6O2/c1-2-13(5-8(15)16)7-4-9-3-6-10-11-12-14(6)7/h3-4H,2,5H2,1H3,(H,15,16). The van der Waals surface area contributed by atoms with E-state index in [0.29, 0.717) is 18.0 Å². The fraction of sp³-hybridized carbons (Fsp3) is 0.375. The summed E-state index contributed by atoms with van der Waals surface area (Å²) >= 11 is 0. The molecule has 0 atom stereocenters. The first kappa shape index (κ1) is 10.3. The van der Waals surface area contributed by atoms with Crippen molar-refractivity contribution in [2.24, 2.45) is 0 Å². The third kappa shape index (κ3) is 1.76. The van der Waals surface area contributed by atoms with Gasteiger partial charge in [-0.05, 0) is 17.4 Å². The maximum absolute atomic E-state index is 10.7. The summed E-state index contributed by atoms with van der Waals surface area (Å²) in [5.74, 6) is -0.348. The number of carbonyl (C=O) groups is 1. The summed E-state index contributed by atoms with van der Waals surface area (Å²) in [7, 11) is 0. The molecule has 0 fully saturated rings. The topological polar surface area (TPSA) is 96.5 Å². The minimum Gasteiger partial charge on any atom is -0.480 e. The number of likely N-dealkylation sites (N-methyl/N-ethyl adjacent to an activating group) is 1. The van der Waals surface area contributed by atoms with Crippen LogP contribution in [0.15, 0.2) is 12.4 Å². The van der Waals surface area contributed by atoms with Crippen molar-refractivity contribution in [2.75, 3.05) is 18.0 Å². The van der Waals surface area contributed by atoms with Gasteiger partial charge in [0.2, 0.25) is 0 Å². The first-order chi connectivity index (χ1) is 7.72. The molecule has 0 saturated carbocycles. The Balaban J connectivity index is 2.43. The Morgan fingerprint density at radius 1 is 1.56 bits per heavy atom. The van der Waals surface area contributed by atoms with E-state index in [-0.39, 0.29) is 6.54 Å². The summed E-state index contributed by atoms with van der Waals surface area (Å²) < 4.78 is 1.46. The summed E-state index contributed by atoms with van der Waals surface area (Å²) in [6.45, 7) is 2.27. The molecule has 84 valence electrons. The number of aliphatic carboxylic acids is 1. The van der Waals surface area contributed by atoms with Gasteiger partial charge in [0.15, 0.2) is 11.5 Å². The smallest absolute Gasteiger partial charge is 0.323 e. The Labute approximate surface area is 90.5 Å². The van der Waals surface area contributed by atoms with Crippen LogP contribution < -0.4 is 4.90 Å². The first-order valence-corrected chi connectivity index (χ1v) is 4.71. The minimum atomic E-state index is -0.910. The number of hydrogen-bond donors (Lipinski definition) is 1. The third-order valence-electron chi connectivity index (χ3n) is 2.12. The van der Waals surface area contributed by atoms with E-state index in [4.69, 9.17) is 5.11 Å². The molecule has 0 amide bonds. The average Bonchev–Trinajstić information content (AvgIpc) is 2.73. The molecule has 0 saturated heterocycles. The van der Waals surface area contributed by atoms with Gasteiger partial charge >= 0.3 is 5.97 Å². The van der Waals surface area contributed by atoms with Gasteiger partial charge in [0, 0.05) is 6.54 Å². The number of nitrogens with zero attached hydrogens (tertiary/aromatic N) is 6. The van der Waals surface area contributed by atoms with Crippen LogP contribution in [0.25, 0.3) is 5.65 Å². The highest BCUT2D eigenvalue weighted by Crippen LogP contribution is 2.11. The molecule has 0 aliphatic carbocycles. The van der Waals surface area contributed by atoms with Crippen LogP contribution in [-0.4, -0.2) is 49.2 Å². The number of hydrogen-bond acceptors (Lipinski definition) is 6. The Morgan fingerprint density at radius 2 is 2.38 bits per heavy atom. The molecule has 0 spiro atoms.